The highest BCUT2D eigenvalue weighted by atomic mass is 16.5. The average Bonchev–Trinajstić information content (AvgIpc) is 2.72. The summed E-state index contributed by atoms with van der Waals surface area (Å²) in [5, 5.41) is 6.54. The van der Waals surface area contributed by atoms with Crippen LogP contribution in [0.25, 0.3) is 0 Å². The van der Waals surface area contributed by atoms with Crippen molar-refractivity contribution in [1.29, 1.82) is 0 Å². The Hall–Kier alpha value is -3.28. The van der Waals surface area contributed by atoms with E-state index in [1.165, 1.54) is 5.56 Å². The van der Waals surface area contributed by atoms with Crippen LogP contribution in [0.4, 0.5) is 17.5 Å². The summed E-state index contributed by atoms with van der Waals surface area (Å²) in [7, 11) is 1.64. The number of hydrogen-bond donors (Lipinski definition) is 2. The van der Waals surface area contributed by atoms with Gasteiger partial charge in [-0.1, -0.05) is 19.1 Å². The summed E-state index contributed by atoms with van der Waals surface area (Å²) in [4.78, 5) is 8.97. The number of hydrogen-bond acceptors (Lipinski definition) is 6. The smallest absolute Gasteiger partial charge is 0.224 e. The molecule has 3 rings (SSSR count). The van der Waals surface area contributed by atoms with Crippen molar-refractivity contribution < 1.29 is 9.47 Å². The van der Waals surface area contributed by atoms with Crippen molar-refractivity contribution in [2.24, 2.45) is 0 Å². The molecule has 3 aromatic rings. The number of ether oxygens (including phenoxy) is 2. The summed E-state index contributed by atoms with van der Waals surface area (Å²) in [6.45, 7) is 5.20. The standard InChI is InChI=1S/C22H26N4O2/c1-4-17-5-7-18(8-6-17)25-21-15-16(2)24-22(26-21)23-13-14-28-20-11-9-19(27-3)10-12-20/h5-12,15H,4,13-14H2,1-3H3,(H2,23,24,25,26). The van der Waals surface area contributed by atoms with Crippen molar-refractivity contribution in [3.05, 3.63) is 65.9 Å². The Morgan fingerprint density at radius 3 is 2.32 bits per heavy atom. The highest BCUT2D eigenvalue weighted by Crippen LogP contribution is 2.18. The quantitative estimate of drug-likeness (QED) is 0.531. The molecule has 0 aliphatic rings. The molecule has 0 unspecified atom stereocenters. The van der Waals surface area contributed by atoms with Gasteiger partial charge in [-0.3, -0.25) is 0 Å². The Morgan fingerprint density at radius 1 is 0.929 bits per heavy atom. The molecule has 0 amide bonds. The van der Waals surface area contributed by atoms with Crippen molar-refractivity contribution in [2.75, 3.05) is 30.9 Å². The highest BCUT2D eigenvalue weighted by molar-refractivity contribution is 5.57. The molecule has 6 heteroatoms. The first-order chi connectivity index (χ1) is 13.7. The summed E-state index contributed by atoms with van der Waals surface area (Å²) >= 11 is 0. The van der Waals surface area contributed by atoms with E-state index in [0.29, 0.717) is 19.1 Å². The fraction of sp³-hybridized carbons (Fsp3) is 0.273. The zero-order valence-electron chi connectivity index (χ0n) is 16.5. The topological polar surface area (TPSA) is 68.3 Å². The molecule has 0 radical (unpaired) electrons. The van der Waals surface area contributed by atoms with E-state index in [4.69, 9.17) is 9.47 Å². The van der Waals surface area contributed by atoms with Gasteiger partial charge in [0.2, 0.25) is 5.95 Å². The van der Waals surface area contributed by atoms with Crippen LogP contribution in [-0.4, -0.2) is 30.2 Å². The molecule has 0 aliphatic carbocycles. The van der Waals surface area contributed by atoms with Crippen LogP contribution in [0.5, 0.6) is 11.5 Å². The molecule has 0 saturated heterocycles. The van der Waals surface area contributed by atoms with Crippen LogP contribution in [-0.2, 0) is 6.42 Å². The Bertz CT molecular complexity index is 880. The molecule has 1 heterocycles. The van der Waals surface area contributed by atoms with Crippen LogP contribution >= 0.6 is 0 Å². The Morgan fingerprint density at radius 2 is 1.64 bits per heavy atom. The van der Waals surface area contributed by atoms with Crippen LogP contribution in [0.1, 0.15) is 18.2 Å². The fourth-order valence-corrected chi connectivity index (χ4v) is 2.69. The first kappa shape index (κ1) is 19.5. The molecule has 146 valence electrons. The number of benzene rings is 2. The van der Waals surface area contributed by atoms with Gasteiger partial charge in [-0.05, 0) is 55.3 Å². The van der Waals surface area contributed by atoms with E-state index in [1.54, 1.807) is 7.11 Å². The molecule has 6 nitrogen and oxygen atoms in total. The summed E-state index contributed by atoms with van der Waals surface area (Å²) < 4.78 is 10.9. The van der Waals surface area contributed by atoms with Crippen molar-refractivity contribution in [1.82, 2.24) is 9.97 Å². The Kier molecular flexibility index (Phi) is 6.68. The molecule has 0 aliphatic heterocycles. The zero-order chi connectivity index (χ0) is 19.8. The van der Waals surface area contributed by atoms with Crippen LogP contribution in [0, 0.1) is 6.92 Å². The third kappa shape index (κ3) is 5.61. The number of aromatic nitrogens is 2. The molecule has 2 N–H and O–H groups in total. The second kappa shape index (κ2) is 9.60. The first-order valence-corrected chi connectivity index (χ1v) is 9.38. The lowest BCUT2D eigenvalue weighted by Gasteiger charge is -2.11. The molecule has 0 fully saturated rings. The van der Waals surface area contributed by atoms with E-state index < -0.39 is 0 Å². The Balaban J connectivity index is 1.53. The lowest BCUT2D eigenvalue weighted by molar-refractivity contribution is 0.331. The molecule has 0 bridgehead atoms. The lowest BCUT2D eigenvalue weighted by Crippen LogP contribution is -2.14. The maximum atomic E-state index is 5.72. The number of anilines is 3. The van der Waals surface area contributed by atoms with Gasteiger partial charge in [0.25, 0.3) is 0 Å². The number of aryl methyl sites for hydroxylation is 2. The lowest BCUT2D eigenvalue weighted by atomic mass is 10.1. The number of rotatable bonds is 9. The third-order valence-corrected chi connectivity index (χ3v) is 4.20. The van der Waals surface area contributed by atoms with Gasteiger partial charge in [-0.25, -0.2) is 4.98 Å². The van der Waals surface area contributed by atoms with E-state index in [2.05, 4.69) is 51.8 Å². The second-order valence-electron chi connectivity index (χ2n) is 6.34. The summed E-state index contributed by atoms with van der Waals surface area (Å²) in [6, 6.07) is 17.8. The molecule has 0 saturated carbocycles. The van der Waals surface area contributed by atoms with Crippen LogP contribution < -0.4 is 20.1 Å². The van der Waals surface area contributed by atoms with Crippen molar-refractivity contribution in [3.8, 4) is 11.5 Å². The van der Waals surface area contributed by atoms with E-state index in [0.717, 1.165) is 35.1 Å². The van der Waals surface area contributed by atoms with Gasteiger partial charge >= 0.3 is 0 Å². The van der Waals surface area contributed by atoms with Crippen LogP contribution in [0.2, 0.25) is 0 Å². The minimum absolute atomic E-state index is 0.505. The fourth-order valence-electron chi connectivity index (χ4n) is 2.69. The van der Waals surface area contributed by atoms with E-state index in [1.807, 2.05) is 37.3 Å². The zero-order valence-corrected chi connectivity index (χ0v) is 16.5. The third-order valence-electron chi connectivity index (χ3n) is 4.20. The highest BCUT2D eigenvalue weighted by Gasteiger charge is 2.03. The maximum Gasteiger partial charge on any atom is 0.224 e. The van der Waals surface area contributed by atoms with Gasteiger partial charge in [-0.15, -0.1) is 0 Å². The average molecular weight is 378 g/mol. The van der Waals surface area contributed by atoms with Gasteiger partial charge in [0, 0.05) is 17.4 Å². The predicted octanol–water partition coefficient (Wildman–Crippen LogP) is 4.59. The molecule has 0 atom stereocenters. The van der Waals surface area contributed by atoms with Crippen molar-refractivity contribution in [3.63, 3.8) is 0 Å². The predicted molar refractivity (Wildman–Crippen MR) is 113 cm³/mol. The minimum atomic E-state index is 0.505. The van der Waals surface area contributed by atoms with Gasteiger partial charge in [0.1, 0.15) is 23.9 Å². The largest absolute Gasteiger partial charge is 0.497 e. The molecule has 0 spiro atoms. The summed E-state index contributed by atoms with van der Waals surface area (Å²) in [5.41, 5.74) is 3.20. The van der Waals surface area contributed by atoms with E-state index in [-0.39, 0.29) is 0 Å². The Labute approximate surface area is 166 Å². The molecule has 28 heavy (non-hydrogen) atoms. The molecular formula is C22H26N4O2. The molecule has 2 aromatic carbocycles. The van der Waals surface area contributed by atoms with Crippen molar-refractivity contribution >= 4 is 17.5 Å². The normalized spacial score (nSPS) is 10.4. The summed E-state index contributed by atoms with van der Waals surface area (Å²) in [6.07, 6.45) is 1.03. The molecule has 1 aromatic heterocycles. The monoisotopic (exact) mass is 378 g/mol. The van der Waals surface area contributed by atoms with Crippen LogP contribution in [0.3, 0.4) is 0 Å². The maximum absolute atomic E-state index is 5.72. The second-order valence-corrected chi connectivity index (χ2v) is 6.34. The van der Waals surface area contributed by atoms with Gasteiger partial charge in [0.15, 0.2) is 0 Å². The molecular weight excluding hydrogens is 352 g/mol. The SMILES string of the molecule is CCc1ccc(Nc2cc(C)nc(NCCOc3ccc(OC)cc3)n2)cc1. The number of methoxy groups -OCH3 is 1. The van der Waals surface area contributed by atoms with E-state index >= 15 is 0 Å². The number of nitrogens with zero attached hydrogens (tertiary/aromatic N) is 2. The van der Waals surface area contributed by atoms with Crippen LogP contribution in [0.15, 0.2) is 54.6 Å². The first-order valence-electron chi connectivity index (χ1n) is 9.38. The number of nitrogens with one attached hydrogen (secondary N) is 2. The van der Waals surface area contributed by atoms with Crippen molar-refractivity contribution in [2.45, 2.75) is 20.3 Å². The van der Waals surface area contributed by atoms with Gasteiger partial charge < -0.3 is 20.1 Å². The van der Waals surface area contributed by atoms with Gasteiger partial charge in [0.05, 0.1) is 13.7 Å². The van der Waals surface area contributed by atoms with Gasteiger partial charge in [-0.2, -0.15) is 4.98 Å². The minimum Gasteiger partial charge on any atom is -0.497 e. The van der Waals surface area contributed by atoms with E-state index in [9.17, 15) is 0 Å². The summed E-state index contributed by atoms with van der Waals surface area (Å²) in [5.74, 6) is 2.94.